The second-order valence-corrected chi connectivity index (χ2v) is 7.16. The molecule has 2 aromatic carbocycles. The minimum Gasteiger partial charge on any atom is -0.481 e. The van der Waals surface area contributed by atoms with Gasteiger partial charge in [0.1, 0.15) is 22.1 Å². The molecule has 27 heavy (non-hydrogen) atoms. The zero-order chi connectivity index (χ0) is 19.4. The molecule has 0 N–H and O–H groups in total. The van der Waals surface area contributed by atoms with E-state index in [0.717, 1.165) is 0 Å². The number of benzene rings is 2. The van der Waals surface area contributed by atoms with Crippen LogP contribution in [0, 0.1) is 0 Å². The zero-order valence-corrected chi connectivity index (χ0v) is 16.0. The maximum Gasteiger partial charge on any atom is 0.252 e. The van der Waals surface area contributed by atoms with Crippen LogP contribution in [-0.4, -0.2) is 24.6 Å². The number of carbonyl (C=O) groups is 1. The van der Waals surface area contributed by atoms with Crippen LogP contribution in [0.4, 0.5) is 0 Å². The van der Waals surface area contributed by atoms with Crippen molar-refractivity contribution in [2.24, 2.45) is 0 Å². The molecular formula is C19H12Cl2O5S. The molecule has 0 bridgehead atoms. The highest BCUT2D eigenvalue weighted by molar-refractivity contribution is 7.73. The summed E-state index contributed by atoms with van der Waals surface area (Å²) in [6.07, 6.45) is 3.74. The van der Waals surface area contributed by atoms with Crippen molar-refractivity contribution >= 4 is 43.6 Å². The summed E-state index contributed by atoms with van der Waals surface area (Å²) in [5.41, 5.74) is 0.380. The molecule has 1 aliphatic rings. The predicted molar refractivity (Wildman–Crippen MR) is 105 cm³/mol. The summed E-state index contributed by atoms with van der Waals surface area (Å²) >= 11 is 11.2. The number of hydrogen-bond acceptors (Lipinski definition) is 5. The summed E-state index contributed by atoms with van der Waals surface area (Å²) < 4.78 is 34.0. The second-order valence-electron chi connectivity index (χ2n) is 5.44. The highest BCUT2D eigenvalue weighted by atomic mass is 35.5. The third-order valence-corrected chi connectivity index (χ3v) is 4.78. The van der Waals surface area contributed by atoms with E-state index in [1.165, 1.54) is 6.08 Å². The first-order chi connectivity index (χ1) is 12.9. The molecule has 0 heterocycles. The van der Waals surface area contributed by atoms with Crippen LogP contribution in [0.5, 0.6) is 17.2 Å². The SMILES string of the molecule is O=C(Cl)c1ccc(Oc2ccc(OC3C=CC(Cl)=CC3=S(=O)=O)cc2)cc1. The van der Waals surface area contributed by atoms with Gasteiger partial charge in [-0.1, -0.05) is 11.6 Å². The Morgan fingerprint density at radius 2 is 1.48 bits per heavy atom. The van der Waals surface area contributed by atoms with Crippen LogP contribution >= 0.6 is 23.2 Å². The maximum absolute atomic E-state index is 11.3. The molecule has 0 saturated carbocycles. The lowest BCUT2D eigenvalue weighted by molar-refractivity contribution is 0.108. The third-order valence-electron chi connectivity index (χ3n) is 3.59. The van der Waals surface area contributed by atoms with E-state index in [1.54, 1.807) is 60.7 Å². The van der Waals surface area contributed by atoms with Gasteiger partial charge in [0.15, 0.2) is 6.10 Å². The van der Waals surface area contributed by atoms with Crippen molar-refractivity contribution in [2.45, 2.75) is 6.10 Å². The minimum absolute atomic E-state index is 0.0526. The van der Waals surface area contributed by atoms with Crippen molar-refractivity contribution < 1.29 is 22.7 Å². The quantitative estimate of drug-likeness (QED) is 0.529. The molecule has 0 amide bonds. The topological polar surface area (TPSA) is 69.7 Å². The average Bonchev–Trinajstić information content (AvgIpc) is 2.65. The molecule has 0 saturated heterocycles. The molecule has 2 aromatic rings. The molecule has 1 atom stereocenters. The monoisotopic (exact) mass is 422 g/mol. The molecule has 138 valence electrons. The number of rotatable bonds is 5. The highest BCUT2D eigenvalue weighted by Gasteiger charge is 2.19. The van der Waals surface area contributed by atoms with Gasteiger partial charge in [0.2, 0.25) is 10.3 Å². The number of carbonyl (C=O) groups excluding carboxylic acids is 1. The van der Waals surface area contributed by atoms with Gasteiger partial charge in [-0.3, -0.25) is 4.79 Å². The maximum atomic E-state index is 11.3. The summed E-state index contributed by atoms with van der Waals surface area (Å²) in [6, 6.07) is 13.1. The van der Waals surface area contributed by atoms with E-state index in [9.17, 15) is 13.2 Å². The van der Waals surface area contributed by atoms with Crippen molar-refractivity contribution in [1.82, 2.24) is 0 Å². The van der Waals surface area contributed by atoms with Gasteiger partial charge in [-0.15, -0.1) is 0 Å². The van der Waals surface area contributed by atoms with Crippen LogP contribution in [0.3, 0.4) is 0 Å². The Morgan fingerprint density at radius 3 is 2.04 bits per heavy atom. The first-order valence-electron chi connectivity index (χ1n) is 7.68. The van der Waals surface area contributed by atoms with E-state index in [-0.39, 0.29) is 4.86 Å². The first-order valence-corrected chi connectivity index (χ1v) is 9.51. The van der Waals surface area contributed by atoms with Gasteiger partial charge in [0.25, 0.3) is 5.24 Å². The van der Waals surface area contributed by atoms with E-state index < -0.39 is 21.6 Å². The Labute approximate surface area is 167 Å². The van der Waals surface area contributed by atoms with E-state index in [0.29, 0.717) is 27.8 Å². The van der Waals surface area contributed by atoms with Gasteiger partial charge in [-0.25, -0.2) is 0 Å². The van der Waals surface area contributed by atoms with E-state index in [4.69, 9.17) is 32.7 Å². The fourth-order valence-electron chi connectivity index (χ4n) is 2.30. The van der Waals surface area contributed by atoms with Crippen LogP contribution in [0.2, 0.25) is 0 Å². The molecular weight excluding hydrogens is 411 g/mol. The molecule has 8 heteroatoms. The normalized spacial score (nSPS) is 15.9. The first kappa shape index (κ1) is 19.2. The Kier molecular flexibility index (Phi) is 6.01. The summed E-state index contributed by atoms with van der Waals surface area (Å²) in [7, 11) is -2.44. The van der Waals surface area contributed by atoms with Crippen molar-refractivity contribution in [1.29, 1.82) is 0 Å². The minimum atomic E-state index is -2.44. The number of ether oxygens (including phenoxy) is 2. The molecule has 5 nitrogen and oxygen atoms in total. The number of allylic oxidation sites excluding steroid dienone is 2. The Morgan fingerprint density at radius 1 is 0.926 bits per heavy atom. The highest BCUT2D eigenvalue weighted by Crippen LogP contribution is 2.26. The van der Waals surface area contributed by atoms with Crippen molar-refractivity contribution in [3.05, 3.63) is 77.4 Å². The van der Waals surface area contributed by atoms with Gasteiger partial charge >= 0.3 is 0 Å². The van der Waals surface area contributed by atoms with Crippen molar-refractivity contribution in [3.63, 3.8) is 0 Å². The largest absolute Gasteiger partial charge is 0.481 e. The van der Waals surface area contributed by atoms with Crippen LogP contribution < -0.4 is 9.47 Å². The molecule has 1 unspecified atom stereocenters. The van der Waals surface area contributed by atoms with Gasteiger partial charge in [0.05, 0.1) is 0 Å². The fraction of sp³-hybridized carbons (Fsp3) is 0.0526. The summed E-state index contributed by atoms with van der Waals surface area (Å²) in [5.74, 6) is 1.55. The second kappa shape index (κ2) is 8.43. The van der Waals surface area contributed by atoms with E-state index in [1.807, 2.05) is 0 Å². The molecule has 0 spiro atoms. The van der Waals surface area contributed by atoms with Gasteiger partial charge in [-0.05, 0) is 78.4 Å². The smallest absolute Gasteiger partial charge is 0.252 e. The van der Waals surface area contributed by atoms with Crippen molar-refractivity contribution in [2.75, 3.05) is 0 Å². The predicted octanol–water partition coefficient (Wildman–Crippen LogP) is 4.35. The van der Waals surface area contributed by atoms with Crippen molar-refractivity contribution in [3.8, 4) is 17.2 Å². The Balaban J connectivity index is 1.69. The molecule has 0 aromatic heterocycles. The van der Waals surface area contributed by atoms with Gasteiger partial charge < -0.3 is 9.47 Å². The number of halogens is 2. The number of hydrogen-bond donors (Lipinski definition) is 0. The van der Waals surface area contributed by atoms with Crippen LogP contribution in [0.1, 0.15) is 10.4 Å². The molecule has 0 aliphatic heterocycles. The summed E-state index contributed by atoms with van der Waals surface area (Å²) in [4.78, 5) is 11.1. The van der Waals surface area contributed by atoms with Crippen LogP contribution in [-0.2, 0) is 10.3 Å². The zero-order valence-electron chi connectivity index (χ0n) is 13.6. The van der Waals surface area contributed by atoms with Crippen LogP contribution in [0.25, 0.3) is 0 Å². The Bertz CT molecular complexity index is 1040. The lowest BCUT2D eigenvalue weighted by Crippen LogP contribution is -2.26. The van der Waals surface area contributed by atoms with E-state index in [2.05, 4.69) is 0 Å². The molecule has 3 rings (SSSR count). The fourth-order valence-corrected chi connectivity index (χ4v) is 3.22. The standard InChI is InChI=1S/C19H12Cl2O5S/c20-13-3-10-17(18(11-13)27(23)24)26-16-8-6-15(7-9-16)25-14-4-1-12(2-5-14)19(21)22/h1-11,17H. The Hall–Kier alpha value is -2.54. The third kappa shape index (κ3) is 5.01. The lowest BCUT2D eigenvalue weighted by atomic mass is 10.1. The molecule has 0 fully saturated rings. The molecule has 0 radical (unpaired) electrons. The van der Waals surface area contributed by atoms with E-state index >= 15 is 0 Å². The van der Waals surface area contributed by atoms with Crippen LogP contribution in [0.15, 0.2) is 71.8 Å². The average molecular weight is 423 g/mol. The summed E-state index contributed by atoms with van der Waals surface area (Å²) in [5, 5.41) is -0.217. The lowest BCUT2D eigenvalue weighted by Gasteiger charge is -2.17. The molecule has 1 aliphatic carbocycles. The van der Waals surface area contributed by atoms with Gasteiger partial charge in [-0.2, -0.15) is 8.42 Å². The summed E-state index contributed by atoms with van der Waals surface area (Å²) in [6.45, 7) is 0. The van der Waals surface area contributed by atoms with Gasteiger partial charge in [0, 0.05) is 10.6 Å².